The summed E-state index contributed by atoms with van der Waals surface area (Å²) >= 11 is 0. The Bertz CT molecular complexity index is 776. The molecular formula is C21H29IN4O3. The van der Waals surface area contributed by atoms with Crippen LogP contribution in [0.3, 0.4) is 0 Å². The lowest BCUT2D eigenvalue weighted by molar-refractivity contribution is 0.0243. The SMILES string of the molecule is CN=C(NCc1ccc(Oc2ccc(OC)cc2)nc1)NCC1(C)CCCO1.I. The Labute approximate surface area is 189 Å². The number of hydrogen-bond acceptors (Lipinski definition) is 5. The molecule has 2 aromatic rings. The van der Waals surface area contributed by atoms with Crippen LogP contribution in [0.25, 0.3) is 0 Å². The number of nitrogens with zero attached hydrogens (tertiary/aromatic N) is 2. The molecule has 2 N–H and O–H groups in total. The van der Waals surface area contributed by atoms with Gasteiger partial charge in [-0.05, 0) is 49.6 Å². The quantitative estimate of drug-likeness (QED) is 0.335. The lowest BCUT2D eigenvalue weighted by Gasteiger charge is -2.24. The van der Waals surface area contributed by atoms with E-state index in [4.69, 9.17) is 14.2 Å². The van der Waals surface area contributed by atoms with Crippen LogP contribution in [0, 0.1) is 0 Å². The van der Waals surface area contributed by atoms with E-state index >= 15 is 0 Å². The first-order chi connectivity index (χ1) is 13.6. The Morgan fingerprint density at radius 3 is 2.52 bits per heavy atom. The molecule has 1 fully saturated rings. The van der Waals surface area contributed by atoms with Crippen LogP contribution in [0.1, 0.15) is 25.3 Å². The zero-order valence-electron chi connectivity index (χ0n) is 17.1. The molecule has 1 aromatic heterocycles. The average molecular weight is 512 g/mol. The number of ether oxygens (including phenoxy) is 3. The summed E-state index contributed by atoms with van der Waals surface area (Å²) in [5.41, 5.74) is 0.924. The van der Waals surface area contributed by atoms with E-state index in [2.05, 4.69) is 27.5 Å². The van der Waals surface area contributed by atoms with Crippen molar-refractivity contribution in [2.45, 2.75) is 31.9 Å². The minimum absolute atomic E-state index is 0. The van der Waals surface area contributed by atoms with Crippen molar-refractivity contribution in [1.82, 2.24) is 15.6 Å². The second kappa shape index (κ2) is 11.2. The van der Waals surface area contributed by atoms with Crippen LogP contribution in [0.4, 0.5) is 0 Å². The van der Waals surface area contributed by atoms with Crippen LogP contribution in [0.5, 0.6) is 17.4 Å². The smallest absolute Gasteiger partial charge is 0.219 e. The number of nitrogens with one attached hydrogen (secondary N) is 2. The fourth-order valence-electron chi connectivity index (χ4n) is 2.99. The number of halogens is 1. The van der Waals surface area contributed by atoms with E-state index in [0.29, 0.717) is 18.2 Å². The number of methoxy groups -OCH3 is 1. The van der Waals surface area contributed by atoms with Gasteiger partial charge >= 0.3 is 0 Å². The molecule has 8 heteroatoms. The van der Waals surface area contributed by atoms with Gasteiger partial charge in [0.15, 0.2) is 5.96 Å². The Kier molecular flexibility index (Phi) is 8.97. The van der Waals surface area contributed by atoms with Gasteiger partial charge < -0.3 is 24.8 Å². The van der Waals surface area contributed by atoms with Crippen LogP contribution >= 0.6 is 24.0 Å². The Balaban J connectivity index is 0.00000300. The summed E-state index contributed by atoms with van der Waals surface area (Å²) in [5.74, 6) is 2.79. The highest BCUT2D eigenvalue weighted by atomic mass is 127. The van der Waals surface area contributed by atoms with E-state index < -0.39 is 0 Å². The summed E-state index contributed by atoms with van der Waals surface area (Å²) in [6.07, 6.45) is 3.97. The lowest BCUT2D eigenvalue weighted by atomic mass is 10.0. The number of benzene rings is 1. The van der Waals surface area contributed by atoms with Crippen molar-refractivity contribution < 1.29 is 14.2 Å². The molecule has 0 amide bonds. The number of pyridine rings is 1. The zero-order valence-corrected chi connectivity index (χ0v) is 19.4. The van der Waals surface area contributed by atoms with Crippen molar-refractivity contribution in [1.29, 1.82) is 0 Å². The van der Waals surface area contributed by atoms with E-state index in [-0.39, 0.29) is 29.6 Å². The second-order valence-corrected chi connectivity index (χ2v) is 6.96. The van der Waals surface area contributed by atoms with Crippen molar-refractivity contribution in [2.24, 2.45) is 4.99 Å². The molecule has 29 heavy (non-hydrogen) atoms. The Morgan fingerprint density at radius 1 is 1.17 bits per heavy atom. The largest absolute Gasteiger partial charge is 0.497 e. The summed E-state index contributed by atoms with van der Waals surface area (Å²) in [5, 5.41) is 6.63. The van der Waals surface area contributed by atoms with Crippen molar-refractivity contribution in [2.75, 3.05) is 27.3 Å². The third-order valence-electron chi connectivity index (χ3n) is 4.69. The highest BCUT2D eigenvalue weighted by Gasteiger charge is 2.29. The molecule has 1 aliphatic rings. The molecule has 2 heterocycles. The van der Waals surface area contributed by atoms with Crippen molar-refractivity contribution in [3.63, 3.8) is 0 Å². The van der Waals surface area contributed by atoms with Gasteiger partial charge in [-0.15, -0.1) is 24.0 Å². The van der Waals surface area contributed by atoms with Gasteiger partial charge in [0.2, 0.25) is 5.88 Å². The van der Waals surface area contributed by atoms with Gasteiger partial charge in [0.05, 0.1) is 12.7 Å². The first kappa shape index (κ1) is 23.2. The summed E-state index contributed by atoms with van der Waals surface area (Å²) in [4.78, 5) is 8.63. The highest BCUT2D eigenvalue weighted by molar-refractivity contribution is 14.0. The normalized spacial score (nSPS) is 18.7. The molecule has 1 saturated heterocycles. The van der Waals surface area contributed by atoms with Gasteiger partial charge in [0.1, 0.15) is 11.5 Å². The fraction of sp³-hybridized carbons (Fsp3) is 0.429. The maximum Gasteiger partial charge on any atom is 0.219 e. The highest BCUT2D eigenvalue weighted by Crippen LogP contribution is 2.24. The van der Waals surface area contributed by atoms with Gasteiger partial charge in [-0.25, -0.2) is 4.98 Å². The zero-order chi connectivity index (χ0) is 19.8. The van der Waals surface area contributed by atoms with Crippen LogP contribution in [0.2, 0.25) is 0 Å². The predicted molar refractivity (Wildman–Crippen MR) is 125 cm³/mol. The van der Waals surface area contributed by atoms with Crippen LogP contribution in [-0.4, -0.2) is 43.9 Å². The number of hydrogen-bond donors (Lipinski definition) is 2. The average Bonchev–Trinajstić information content (AvgIpc) is 3.16. The molecule has 3 rings (SSSR count). The van der Waals surface area contributed by atoms with Crippen LogP contribution in [-0.2, 0) is 11.3 Å². The molecule has 1 aromatic carbocycles. The van der Waals surface area contributed by atoms with E-state index in [1.807, 2.05) is 36.4 Å². The van der Waals surface area contributed by atoms with Crippen molar-refractivity contribution in [3.05, 3.63) is 48.2 Å². The van der Waals surface area contributed by atoms with Crippen LogP contribution < -0.4 is 20.1 Å². The number of aliphatic imine (C=N–C) groups is 1. The van der Waals surface area contributed by atoms with Crippen molar-refractivity contribution in [3.8, 4) is 17.4 Å². The second-order valence-electron chi connectivity index (χ2n) is 6.96. The standard InChI is InChI=1S/C21H28N4O3.HI/c1-21(11-4-12-27-21)15-25-20(22-2)24-14-16-5-10-19(23-13-16)28-18-8-6-17(26-3)7-9-18;/h5-10,13H,4,11-12,14-15H2,1-3H3,(H2,22,24,25);1H. The Hall–Kier alpha value is -2.07. The molecular weight excluding hydrogens is 483 g/mol. The summed E-state index contributed by atoms with van der Waals surface area (Å²) in [6.45, 7) is 4.32. The van der Waals surface area contributed by atoms with Gasteiger partial charge in [0, 0.05) is 39.0 Å². The molecule has 7 nitrogen and oxygen atoms in total. The third kappa shape index (κ3) is 7.04. The number of aromatic nitrogens is 1. The minimum Gasteiger partial charge on any atom is -0.497 e. The van der Waals surface area contributed by atoms with Crippen LogP contribution in [0.15, 0.2) is 47.6 Å². The molecule has 1 unspecified atom stereocenters. The maximum absolute atomic E-state index is 5.80. The fourth-order valence-corrected chi connectivity index (χ4v) is 2.99. The number of rotatable bonds is 7. The van der Waals surface area contributed by atoms with E-state index in [0.717, 1.165) is 43.3 Å². The molecule has 0 bridgehead atoms. The molecule has 0 spiro atoms. The van der Waals surface area contributed by atoms with Gasteiger partial charge in [-0.2, -0.15) is 0 Å². The Morgan fingerprint density at radius 2 is 1.93 bits per heavy atom. The molecule has 0 radical (unpaired) electrons. The topological polar surface area (TPSA) is 77.0 Å². The van der Waals surface area contributed by atoms with E-state index in [1.165, 1.54) is 0 Å². The summed E-state index contributed by atoms with van der Waals surface area (Å²) in [6, 6.07) is 11.2. The maximum atomic E-state index is 5.80. The minimum atomic E-state index is -0.111. The lowest BCUT2D eigenvalue weighted by Crippen LogP contribution is -2.45. The molecule has 0 saturated carbocycles. The molecule has 0 aliphatic carbocycles. The van der Waals surface area contributed by atoms with Crippen molar-refractivity contribution >= 4 is 29.9 Å². The molecule has 158 valence electrons. The first-order valence-electron chi connectivity index (χ1n) is 9.45. The first-order valence-corrected chi connectivity index (χ1v) is 9.45. The van der Waals surface area contributed by atoms with Gasteiger partial charge in [-0.1, -0.05) is 6.07 Å². The molecule has 1 atom stereocenters. The van der Waals surface area contributed by atoms with Gasteiger partial charge in [0.25, 0.3) is 0 Å². The molecule has 1 aliphatic heterocycles. The van der Waals surface area contributed by atoms with E-state index in [1.54, 1.807) is 20.4 Å². The van der Waals surface area contributed by atoms with E-state index in [9.17, 15) is 0 Å². The summed E-state index contributed by atoms with van der Waals surface area (Å²) < 4.78 is 16.7. The number of guanidine groups is 1. The monoisotopic (exact) mass is 512 g/mol. The summed E-state index contributed by atoms with van der Waals surface area (Å²) in [7, 11) is 3.40. The predicted octanol–water partition coefficient (Wildman–Crippen LogP) is 3.73. The third-order valence-corrected chi connectivity index (χ3v) is 4.69. The van der Waals surface area contributed by atoms with Gasteiger partial charge in [-0.3, -0.25) is 4.99 Å².